The zero-order valence-corrected chi connectivity index (χ0v) is 8.76. The molecule has 0 aliphatic heterocycles. The summed E-state index contributed by atoms with van der Waals surface area (Å²) in [5.74, 6) is 0.269. The van der Waals surface area contributed by atoms with E-state index in [1.165, 1.54) is 6.08 Å². The summed E-state index contributed by atoms with van der Waals surface area (Å²) in [7, 11) is 0. The van der Waals surface area contributed by atoms with Crippen molar-refractivity contribution in [3.05, 3.63) is 11.8 Å². The predicted molar refractivity (Wildman–Crippen MR) is 52.8 cm³/mol. The summed E-state index contributed by atoms with van der Waals surface area (Å²) < 4.78 is 0. The van der Waals surface area contributed by atoms with Gasteiger partial charge in [0.25, 0.3) is 0 Å². The van der Waals surface area contributed by atoms with Crippen LogP contribution >= 0.6 is 0 Å². The first-order valence-electron chi connectivity index (χ1n) is 4.41. The molecule has 0 aliphatic carbocycles. The maximum Gasteiger partial charge on any atom is 0.0930 e. The van der Waals surface area contributed by atoms with Gasteiger partial charge in [-0.05, 0) is 19.8 Å². The van der Waals surface area contributed by atoms with Crippen molar-refractivity contribution in [1.29, 1.82) is 5.26 Å². The van der Waals surface area contributed by atoms with Crippen molar-refractivity contribution in [1.82, 2.24) is 5.32 Å². The van der Waals surface area contributed by atoms with Crippen LogP contribution in [-0.2, 0) is 0 Å². The van der Waals surface area contributed by atoms with Crippen molar-refractivity contribution in [2.45, 2.75) is 33.2 Å². The zero-order chi connectivity index (χ0) is 10.5. The fraction of sp³-hybridized carbons (Fsp3) is 0.700. The molecule has 0 aromatic rings. The Hall–Kier alpha value is -1.01. The number of aliphatic hydroxyl groups is 1. The van der Waals surface area contributed by atoms with Crippen molar-refractivity contribution in [2.24, 2.45) is 5.92 Å². The molecule has 0 radical (unpaired) electrons. The molecule has 0 aromatic carbocycles. The van der Waals surface area contributed by atoms with Crippen LogP contribution in [0, 0.1) is 17.2 Å². The molecule has 13 heavy (non-hydrogen) atoms. The number of nitriles is 1. The minimum absolute atomic E-state index is 0.0441. The molecule has 0 aromatic heterocycles. The Morgan fingerprint density at radius 2 is 2.15 bits per heavy atom. The van der Waals surface area contributed by atoms with Gasteiger partial charge in [-0.15, -0.1) is 0 Å². The van der Waals surface area contributed by atoms with Gasteiger partial charge in [-0.3, -0.25) is 0 Å². The summed E-state index contributed by atoms with van der Waals surface area (Å²) >= 11 is 0. The van der Waals surface area contributed by atoms with Crippen molar-refractivity contribution < 1.29 is 5.11 Å². The third-order valence-corrected chi connectivity index (χ3v) is 1.72. The van der Waals surface area contributed by atoms with Gasteiger partial charge in [-0.1, -0.05) is 13.8 Å². The maximum absolute atomic E-state index is 9.02. The summed E-state index contributed by atoms with van der Waals surface area (Å²) in [5, 5.41) is 20.7. The highest BCUT2D eigenvalue weighted by molar-refractivity contribution is 5.15. The number of nitrogens with zero attached hydrogens (tertiary/aromatic N) is 1. The first-order valence-corrected chi connectivity index (χ1v) is 4.41. The van der Waals surface area contributed by atoms with E-state index < -0.39 is 0 Å². The van der Waals surface area contributed by atoms with E-state index in [0.717, 1.165) is 5.70 Å². The van der Waals surface area contributed by atoms with Crippen LogP contribution in [0.3, 0.4) is 0 Å². The quantitative estimate of drug-likeness (QED) is 0.646. The number of nitrogens with one attached hydrogen (secondary N) is 1. The fourth-order valence-corrected chi connectivity index (χ4v) is 0.847. The second-order valence-electron chi connectivity index (χ2n) is 4.05. The SMILES string of the molecule is CC(C)/C(=C\C#N)NC(C)(C)CO. The number of aliphatic hydroxyl groups excluding tert-OH is 1. The van der Waals surface area contributed by atoms with Crippen LogP contribution in [0.1, 0.15) is 27.7 Å². The summed E-state index contributed by atoms with van der Waals surface area (Å²) in [6.45, 7) is 7.83. The lowest BCUT2D eigenvalue weighted by atomic mass is 10.0. The van der Waals surface area contributed by atoms with Crippen LogP contribution in [0.4, 0.5) is 0 Å². The predicted octanol–water partition coefficient (Wildman–Crippen LogP) is 1.41. The van der Waals surface area contributed by atoms with Gasteiger partial charge in [0.15, 0.2) is 0 Å². The first kappa shape index (κ1) is 12.0. The summed E-state index contributed by atoms with van der Waals surface area (Å²) in [5.41, 5.74) is 0.494. The van der Waals surface area contributed by atoms with E-state index >= 15 is 0 Å². The Balaban J connectivity index is 4.47. The minimum atomic E-state index is -0.368. The molecule has 0 saturated carbocycles. The number of hydrogen-bond donors (Lipinski definition) is 2. The Morgan fingerprint density at radius 3 is 2.46 bits per heavy atom. The Morgan fingerprint density at radius 1 is 1.62 bits per heavy atom. The number of rotatable bonds is 4. The van der Waals surface area contributed by atoms with Crippen molar-refractivity contribution in [3.8, 4) is 6.07 Å². The second kappa shape index (κ2) is 4.88. The van der Waals surface area contributed by atoms with E-state index in [4.69, 9.17) is 10.4 Å². The van der Waals surface area contributed by atoms with E-state index in [9.17, 15) is 0 Å². The molecule has 0 bridgehead atoms. The molecule has 0 fully saturated rings. The molecule has 0 spiro atoms. The van der Waals surface area contributed by atoms with Crippen LogP contribution < -0.4 is 5.32 Å². The average Bonchev–Trinajstić information content (AvgIpc) is 2.03. The minimum Gasteiger partial charge on any atom is -0.394 e. The van der Waals surface area contributed by atoms with Crippen LogP contribution in [0.15, 0.2) is 11.8 Å². The van der Waals surface area contributed by atoms with E-state index in [1.54, 1.807) is 0 Å². The first-order chi connectivity index (χ1) is 5.93. The van der Waals surface area contributed by atoms with E-state index in [0.29, 0.717) is 0 Å². The second-order valence-corrected chi connectivity index (χ2v) is 4.05. The molecule has 0 saturated heterocycles. The number of hydrogen-bond acceptors (Lipinski definition) is 3. The zero-order valence-electron chi connectivity index (χ0n) is 8.76. The van der Waals surface area contributed by atoms with Crippen molar-refractivity contribution in [3.63, 3.8) is 0 Å². The molecule has 0 heterocycles. The largest absolute Gasteiger partial charge is 0.394 e. The molecule has 74 valence electrons. The van der Waals surface area contributed by atoms with Crippen LogP contribution in [-0.4, -0.2) is 17.3 Å². The lowest BCUT2D eigenvalue weighted by Gasteiger charge is -2.28. The third-order valence-electron chi connectivity index (χ3n) is 1.72. The highest BCUT2D eigenvalue weighted by Gasteiger charge is 2.18. The van der Waals surface area contributed by atoms with Crippen molar-refractivity contribution in [2.75, 3.05) is 6.61 Å². The standard InChI is InChI=1S/C10H18N2O/c1-8(2)9(5-6-11)12-10(3,4)7-13/h5,8,12-13H,7H2,1-4H3/b9-5+. The Bertz CT molecular complexity index is 224. The van der Waals surface area contributed by atoms with E-state index in [1.807, 2.05) is 33.8 Å². The molecule has 3 nitrogen and oxygen atoms in total. The van der Waals surface area contributed by atoms with E-state index in [2.05, 4.69) is 5.32 Å². The molecule has 3 heteroatoms. The van der Waals surface area contributed by atoms with Crippen LogP contribution in [0.2, 0.25) is 0 Å². The smallest absolute Gasteiger partial charge is 0.0930 e. The molecule has 0 atom stereocenters. The normalized spacial score (nSPS) is 12.8. The monoisotopic (exact) mass is 182 g/mol. The Kier molecular flexibility index (Phi) is 4.50. The van der Waals surface area contributed by atoms with Crippen molar-refractivity contribution >= 4 is 0 Å². The lowest BCUT2D eigenvalue weighted by Crippen LogP contribution is -2.43. The van der Waals surface area contributed by atoms with Gasteiger partial charge in [0.2, 0.25) is 0 Å². The van der Waals surface area contributed by atoms with Gasteiger partial charge in [-0.25, -0.2) is 0 Å². The molecule has 0 amide bonds. The van der Waals surface area contributed by atoms with Gasteiger partial charge in [0, 0.05) is 11.8 Å². The topological polar surface area (TPSA) is 56.0 Å². The fourth-order valence-electron chi connectivity index (χ4n) is 0.847. The van der Waals surface area contributed by atoms with Gasteiger partial charge in [0.05, 0.1) is 18.2 Å². The van der Waals surface area contributed by atoms with Gasteiger partial charge < -0.3 is 10.4 Å². The number of allylic oxidation sites excluding steroid dienone is 2. The average molecular weight is 182 g/mol. The highest BCUT2D eigenvalue weighted by atomic mass is 16.3. The van der Waals surface area contributed by atoms with Gasteiger partial charge in [0.1, 0.15) is 0 Å². The van der Waals surface area contributed by atoms with Gasteiger partial charge in [-0.2, -0.15) is 5.26 Å². The molecule has 2 N–H and O–H groups in total. The molecular formula is C10H18N2O. The summed E-state index contributed by atoms with van der Waals surface area (Å²) in [4.78, 5) is 0. The summed E-state index contributed by atoms with van der Waals surface area (Å²) in [6.07, 6.45) is 1.49. The highest BCUT2D eigenvalue weighted by Crippen LogP contribution is 2.11. The lowest BCUT2D eigenvalue weighted by molar-refractivity contribution is 0.195. The molecular weight excluding hydrogens is 164 g/mol. The molecule has 0 unspecified atom stereocenters. The Labute approximate surface area is 80.1 Å². The van der Waals surface area contributed by atoms with E-state index in [-0.39, 0.29) is 18.1 Å². The van der Waals surface area contributed by atoms with Crippen LogP contribution in [0.25, 0.3) is 0 Å². The summed E-state index contributed by atoms with van der Waals surface area (Å²) in [6, 6.07) is 1.99. The maximum atomic E-state index is 9.02. The molecule has 0 aliphatic rings. The van der Waals surface area contributed by atoms with Crippen LogP contribution in [0.5, 0.6) is 0 Å². The molecule has 0 rings (SSSR count). The van der Waals surface area contributed by atoms with Gasteiger partial charge >= 0.3 is 0 Å². The third kappa shape index (κ3) is 4.54.